The van der Waals surface area contributed by atoms with Crippen molar-refractivity contribution in [3.05, 3.63) is 24.3 Å². The van der Waals surface area contributed by atoms with Crippen LogP contribution in [0.5, 0.6) is 0 Å². The van der Waals surface area contributed by atoms with Gasteiger partial charge >= 0.3 is 5.97 Å². The van der Waals surface area contributed by atoms with Crippen LogP contribution in [0.3, 0.4) is 0 Å². The van der Waals surface area contributed by atoms with Crippen molar-refractivity contribution in [2.45, 2.75) is 44.3 Å². The van der Waals surface area contributed by atoms with E-state index in [1.807, 2.05) is 0 Å². The van der Waals surface area contributed by atoms with Gasteiger partial charge in [-0.25, -0.2) is 4.79 Å². The number of carbonyl (C=O) groups excluding carboxylic acids is 1. The standard InChI is InChI=1S/C15H20O3/c1-8-4-5-15(17)9(2)6-13-11(7-12(8)15)10(3)14(16)18-13/h9,11-13,17H,1,3-7H2,2H3/t9?,11-,12+,13+,15-/m1/s1. The third-order valence-electron chi connectivity index (χ3n) is 5.29. The third-order valence-corrected chi connectivity index (χ3v) is 5.29. The second kappa shape index (κ2) is 3.70. The third kappa shape index (κ3) is 1.43. The highest BCUT2D eigenvalue weighted by molar-refractivity contribution is 5.90. The Kier molecular flexibility index (Phi) is 2.46. The van der Waals surface area contributed by atoms with Gasteiger partial charge in [-0.3, -0.25) is 0 Å². The molecule has 1 N–H and O–H groups in total. The summed E-state index contributed by atoms with van der Waals surface area (Å²) in [5.41, 5.74) is 1.04. The second-order valence-electron chi connectivity index (χ2n) is 6.15. The van der Waals surface area contributed by atoms with Crippen LogP contribution in [0, 0.1) is 17.8 Å². The first-order chi connectivity index (χ1) is 8.43. The minimum Gasteiger partial charge on any atom is -0.458 e. The zero-order valence-corrected chi connectivity index (χ0v) is 10.8. The van der Waals surface area contributed by atoms with Crippen molar-refractivity contribution in [3.8, 4) is 0 Å². The first-order valence-electron chi connectivity index (χ1n) is 6.73. The lowest BCUT2D eigenvalue weighted by Crippen LogP contribution is -2.40. The molecule has 1 unspecified atom stereocenters. The van der Waals surface area contributed by atoms with Gasteiger partial charge in [0.15, 0.2) is 0 Å². The normalized spacial score (nSPS) is 47.6. The van der Waals surface area contributed by atoms with Crippen molar-refractivity contribution in [2.24, 2.45) is 17.8 Å². The molecule has 3 fully saturated rings. The second-order valence-corrected chi connectivity index (χ2v) is 6.15. The van der Waals surface area contributed by atoms with Crippen LogP contribution in [0.25, 0.3) is 0 Å². The van der Waals surface area contributed by atoms with Crippen LogP contribution in [0.15, 0.2) is 24.3 Å². The molecule has 1 saturated heterocycles. The Morgan fingerprint density at radius 1 is 1.39 bits per heavy atom. The first kappa shape index (κ1) is 12.0. The van der Waals surface area contributed by atoms with Crippen molar-refractivity contribution >= 4 is 5.97 Å². The molecule has 1 heterocycles. The molecule has 5 atom stereocenters. The van der Waals surface area contributed by atoms with E-state index in [1.54, 1.807) is 0 Å². The van der Waals surface area contributed by atoms with E-state index in [4.69, 9.17) is 4.74 Å². The molecule has 0 radical (unpaired) electrons. The summed E-state index contributed by atoms with van der Waals surface area (Å²) >= 11 is 0. The Balaban J connectivity index is 1.97. The number of hydrogen-bond acceptors (Lipinski definition) is 3. The molecule has 0 spiro atoms. The maximum Gasteiger partial charge on any atom is 0.334 e. The summed E-state index contributed by atoms with van der Waals surface area (Å²) in [6.07, 6.45) is 3.08. The van der Waals surface area contributed by atoms with Crippen LogP contribution >= 0.6 is 0 Å². The highest BCUT2D eigenvalue weighted by Gasteiger charge is 2.54. The molecule has 18 heavy (non-hydrogen) atoms. The van der Waals surface area contributed by atoms with Crippen molar-refractivity contribution in [1.82, 2.24) is 0 Å². The van der Waals surface area contributed by atoms with Gasteiger partial charge in [0.1, 0.15) is 6.10 Å². The Morgan fingerprint density at radius 3 is 2.83 bits per heavy atom. The summed E-state index contributed by atoms with van der Waals surface area (Å²) in [6, 6.07) is 0. The number of aliphatic hydroxyl groups is 1. The average molecular weight is 248 g/mol. The number of esters is 1. The smallest absolute Gasteiger partial charge is 0.334 e. The van der Waals surface area contributed by atoms with E-state index in [0.717, 1.165) is 31.3 Å². The van der Waals surface area contributed by atoms with Gasteiger partial charge in [-0.05, 0) is 31.6 Å². The summed E-state index contributed by atoms with van der Waals surface area (Å²) in [5.74, 6) is 0.0317. The van der Waals surface area contributed by atoms with Gasteiger partial charge in [-0.2, -0.15) is 0 Å². The molecule has 3 aliphatic rings. The Labute approximate surface area is 108 Å². The molecule has 3 heteroatoms. The predicted molar refractivity (Wildman–Crippen MR) is 67.7 cm³/mol. The molecule has 3 rings (SSSR count). The fourth-order valence-electron chi connectivity index (χ4n) is 4.01. The van der Waals surface area contributed by atoms with Gasteiger partial charge < -0.3 is 9.84 Å². The SMILES string of the molecule is C=C1C(=O)O[C@H]2CC(C)[C@]3(O)CCC(=C)[C@@H]3C[C@H]12. The summed E-state index contributed by atoms with van der Waals surface area (Å²) < 4.78 is 5.39. The maximum absolute atomic E-state index is 11.6. The Bertz CT molecular complexity index is 439. The van der Waals surface area contributed by atoms with Gasteiger partial charge in [0.05, 0.1) is 5.60 Å². The minimum absolute atomic E-state index is 0.0637. The van der Waals surface area contributed by atoms with Gasteiger partial charge in [0.2, 0.25) is 0 Å². The van der Waals surface area contributed by atoms with E-state index in [2.05, 4.69) is 20.1 Å². The van der Waals surface area contributed by atoms with E-state index in [0.29, 0.717) is 5.57 Å². The van der Waals surface area contributed by atoms with Crippen LogP contribution in [-0.2, 0) is 9.53 Å². The number of rotatable bonds is 0. The van der Waals surface area contributed by atoms with E-state index in [1.165, 1.54) is 0 Å². The summed E-state index contributed by atoms with van der Waals surface area (Å²) in [7, 11) is 0. The summed E-state index contributed by atoms with van der Waals surface area (Å²) in [5, 5.41) is 10.9. The fraction of sp³-hybridized carbons (Fsp3) is 0.667. The molecule has 1 aliphatic heterocycles. The van der Waals surface area contributed by atoms with E-state index < -0.39 is 5.60 Å². The minimum atomic E-state index is -0.659. The van der Waals surface area contributed by atoms with Gasteiger partial charge in [0, 0.05) is 17.4 Å². The zero-order valence-electron chi connectivity index (χ0n) is 10.8. The van der Waals surface area contributed by atoms with Crippen LogP contribution in [-0.4, -0.2) is 22.8 Å². The number of carbonyl (C=O) groups is 1. The quantitative estimate of drug-likeness (QED) is 0.406. The molecule has 0 amide bonds. The molecule has 0 aromatic carbocycles. The van der Waals surface area contributed by atoms with E-state index >= 15 is 0 Å². The highest BCUT2D eigenvalue weighted by Crippen LogP contribution is 2.53. The molecule has 3 nitrogen and oxygen atoms in total. The van der Waals surface area contributed by atoms with Crippen molar-refractivity contribution in [2.75, 3.05) is 0 Å². The maximum atomic E-state index is 11.6. The first-order valence-corrected chi connectivity index (χ1v) is 6.73. The number of ether oxygens (including phenoxy) is 1. The Hall–Kier alpha value is -1.09. The average Bonchev–Trinajstić information content (AvgIpc) is 2.71. The molecule has 0 bridgehead atoms. The predicted octanol–water partition coefficient (Wildman–Crippen LogP) is 2.21. The lowest BCUT2D eigenvalue weighted by Gasteiger charge is -2.34. The number of hydrogen-bond donors (Lipinski definition) is 1. The molecular weight excluding hydrogens is 228 g/mol. The van der Waals surface area contributed by atoms with Crippen molar-refractivity contribution in [1.29, 1.82) is 0 Å². The molecular formula is C15H20O3. The summed E-state index contributed by atoms with van der Waals surface area (Å²) in [6.45, 7) is 10.0. The van der Waals surface area contributed by atoms with Gasteiger partial charge in [0.25, 0.3) is 0 Å². The lowest BCUT2D eigenvalue weighted by molar-refractivity contribution is -0.140. The molecule has 2 aliphatic carbocycles. The zero-order chi connectivity index (χ0) is 13.1. The molecule has 0 aromatic rings. The van der Waals surface area contributed by atoms with Gasteiger partial charge in [-0.1, -0.05) is 25.7 Å². The molecule has 0 aromatic heterocycles. The monoisotopic (exact) mass is 248 g/mol. The van der Waals surface area contributed by atoms with Crippen LogP contribution < -0.4 is 0 Å². The molecule has 98 valence electrons. The Morgan fingerprint density at radius 2 is 2.11 bits per heavy atom. The summed E-state index contributed by atoms with van der Waals surface area (Å²) in [4.78, 5) is 11.6. The highest BCUT2D eigenvalue weighted by atomic mass is 16.6. The van der Waals surface area contributed by atoms with Crippen LogP contribution in [0.1, 0.15) is 32.6 Å². The van der Waals surface area contributed by atoms with Crippen molar-refractivity contribution < 1.29 is 14.6 Å². The topological polar surface area (TPSA) is 46.5 Å². The fourth-order valence-corrected chi connectivity index (χ4v) is 4.01. The van der Waals surface area contributed by atoms with Crippen LogP contribution in [0.2, 0.25) is 0 Å². The number of fused-ring (bicyclic) bond motifs is 2. The van der Waals surface area contributed by atoms with Gasteiger partial charge in [-0.15, -0.1) is 0 Å². The van der Waals surface area contributed by atoms with E-state index in [-0.39, 0.29) is 29.8 Å². The van der Waals surface area contributed by atoms with E-state index in [9.17, 15) is 9.90 Å². The molecule has 2 saturated carbocycles. The van der Waals surface area contributed by atoms with Crippen molar-refractivity contribution in [3.63, 3.8) is 0 Å². The van der Waals surface area contributed by atoms with Crippen LogP contribution in [0.4, 0.5) is 0 Å². The largest absolute Gasteiger partial charge is 0.458 e. The lowest BCUT2D eigenvalue weighted by atomic mass is 9.77.